The molecular weight excluding hydrogens is 535 g/mol. The molecule has 0 atom stereocenters. The van der Waals surface area contributed by atoms with Gasteiger partial charge in [0.25, 0.3) is 0 Å². The molecule has 0 fully saturated rings. The third-order valence-electron chi connectivity index (χ3n) is 3.99. The molecule has 0 aromatic heterocycles. The summed E-state index contributed by atoms with van der Waals surface area (Å²) in [6, 6.07) is 0. The van der Waals surface area contributed by atoms with Crippen molar-refractivity contribution in [2.45, 2.75) is 95.9 Å². The van der Waals surface area contributed by atoms with Gasteiger partial charge in [0.05, 0.1) is 12.8 Å². The van der Waals surface area contributed by atoms with Gasteiger partial charge in [0.15, 0.2) is 0 Å². The van der Waals surface area contributed by atoms with E-state index in [1.807, 2.05) is 83.1 Å². The van der Waals surface area contributed by atoms with E-state index in [0.717, 1.165) is 0 Å². The summed E-state index contributed by atoms with van der Waals surface area (Å²) in [7, 11) is 0. The van der Waals surface area contributed by atoms with E-state index in [0.29, 0.717) is 0 Å². The third-order valence-corrected chi connectivity index (χ3v) is 3.99. The van der Waals surface area contributed by atoms with Crippen LogP contribution >= 0.6 is 0 Å². The van der Waals surface area contributed by atoms with Crippen LogP contribution in [0.25, 0.3) is 0 Å². The molecule has 4 nitrogen and oxygen atoms in total. The molecule has 0 rings (SSSR count). The number of hydrogen-bond acceptors (Lipinski definition) is 4. The summed E-state index contributed by atoms with van der Waals surface area (Å²) >= 11 is 0. The van der Waals surface area contributed by atoms with Gasteiger partial charge in [-0.15, -0.1) is 0 Å². The van der Waals surface area contributed by atoms with Crippen molar-refractivity contribution in [3.05, 3.63) is 0 Å². The monoisotopic (exact) mass is 578 g/mol. The molecule has 2 radical (unpaired) electrons. The molecule has 0 aromatic rings. The van der Waals surface area contributed by atoms with E-state index in [9.17, 15) is 19.2 Å². The van der Waals surface area contributed by atoms with Gasteiger partial charge in [-0.25, -0.2) is 0 Å². The molecule has 0 heterocycles. The Bertz CT molecular complexity index is 435. The summed E-state index contributed by atoms with van der Waals surface area (Å²) < 4.78 is 0. The molecule has 0 saturated heterocycles. The summed E-state index contributed by atoms with van der Waals surface area (Å²) in [5, 5.41) is 0. The van der Waals surface area contributed by atoms with Gasteiger partial charge in [-0.1, -0.05) is 83.1 Å². The molecule has 0 spiro atoms. The number of carbonyl (C=O) groups is 4. The Kier molecular flexibility index (Phi) is 12.7. The Labute approximate surface area is 186 Å². The fourth-order valence-corrected chi connectivity index (χ4v) is 1.35. The molecule has 158 valence electrons. The molecule has 0 saturated carbocycles. The first-order valence-electron chi connectivity index (χ1n) is 9.23. The Hall–Kier alpha value is -0.398. The van der Waals surface area contributed by atoms with Gasteiger partial charge in [0, 0.05) is 21.7 Å². The topological polar surface area (TPSA) is 68.3 Å². The second-order valence-corrected chi connectivity index (χ2v) is 11.0. The zero-order chi connectivity index (χ0) is 21.7. The van der Waals surface area contributed by atoms with Crippen LogP contribution in [0.2, 0.25) is 0 Å². The van der Waals surface area contributed by atoms with Crippen molar-refractivity contribution in [2.75, 3.05) is 0 Å². The van der Waals surface area contributed by atoms with Gasteiger partial charge < -0.3 is 0 Å². The second kappa shape index (κ2) is 11.0. The zero-order valence-electron chi connectivity index (χ0n) is 19.8. The first kappa shape index (κ1) is 31.3. The number of hydrogen-bond donors (Lipinski definition) is 0. The molecule has 27 heavy (non-hydrogen) atoms. The van der Waals surface area contributed by atoms with Crippen molar-refractivity contribution in [1.29, 1.82) is 0 Å². The van der Waals surface area contributed by atoms with E-state index < -0.39 is 21.7 Å². The van der Waals surface area contributed by atoms with E-state index in [4.69, 9.17) is 0 Å². The maximum absolute atomic E-state index is 11.5. The average molecular weight is 578 g/mol. The van der Waals surface area contributed by atoms with Crippen molar-refractivity contribution in [3.63, 3.8) is 0 Å². The minimum atomic E-state index is -0.402. The van der Waals surface area contributed by atoms with Crippen LogP contribution in [-0.2, 0) is 19.2 Å². The van der Waals surface area contributed by atoms with Gasteiger partial charge in [0.2, 0.25) is 0 Å². The first-order valence-corrected chi connectivity index (χ1v) is 9.23. The fraction of sp³-hybridized carbons (Fsp3) is 0.818. The summed E-state index contributed by atoms with van der Waals surface area (Å²) in [5.41, 5.74) is -1.61. The number of ketones is 4. The summed E-state index contributed by atoms with van der Waals surface area (Å²) in [5.74, 6) is 0.0831. The molecule has 0 N–H and O–H groups in total. The van der Waals surface area contributed by atoms with Crippen molar-refractivity contribution in [3.8, 4) is 0 Å². The quantitative estimate of drug-likeness (QED) is 0.369. The normalized spacial score (nSPS) is 12.3. The van der Waals surface area contributed by atoms with Crippen molar-refractivity contribution in [1.82, 2.24) is 0 Å². The Balaban J connectivity index is -0.000000411. The Morgan fingerprint density at radius 2 is 0.519 bits per heavy atom. The van der Waals surface area contributed by atoms with E-state index >= 15 is 0 Å². The van der Waals surface area contributed by atoms with Crippen molar-refractivity contribution in [2.24, 2.45) is 21.7 Å². The number of Topliss-reactive ketones (excluding diaryl/α,β-unsaturated/α-hetero) is 4. The fourth-order valence-electron chi connectivity index (χ4n) is 1.35. The van der Waals surface area contributed by atoms with Crippen molar-refractivity contribution < 1.29 is 19.2 Å². The van der Waals surface area contributed by atoms with Gasteiger partial charge in [-0.05, 0) is 0 Å². The maximum atomic E-state index is 11.5. The van der Waals surface area contributed by atoms with Crippen LogP contribution < -0.4 is 0 Å². The van der Waals surface area contributed by atoms with Gasteiger partial charge >= 0.3 is 27.3 Å². The van der Waals surface area contributed by atoms with Crippen molar-refractivity contribution >= 4 is 50.4 Å². The van der Waals surface area contributed by atoms with Gasteiger partial charge in [-0.2, -0.15) is 0 Å². The van der Waals surface area contributed by atoms with Crippen LogP contribution in [0.15, 0.2) is 0 Å². The van der Waals surface area contributed by atoms with E-state index in [1.165, 1.54) is 0 Å². The molecule has 0 unspecified atom stereocenters. The van der Waals surface area contributed by atoms with Gasteiger partial charge in [-0.3, -0.25) is 19.2 Å². The van der Waals surface area contributed by atoms with Gasteiger partial charge in [0.1, 0.15) is 23.1 Å². The van der Waals surface area contributed by atoms with Crippen LogP contribution in [-0.4, -0.2) is 50.4 Å². The average Bonchev–Trinajstić information content (AvgIpc) is 2.34. The standard InChI is InChI=1S/2C11H20O2.Pb.2H/c2*1-10(2,3)8(12)7-9(13)11(4,5)6;;;/h2*7H2,1-6H3;;;. The van der Waals surface area contributed by atoms with Crippen LogP contribution in [0.4, 0.5) is 0 Å². The Morgan fingerprint density at radius 1 is 0.407 bits per heavy atom. The van der Waals surface area contributed by atoms with E-state index in [-0.39, 0.29) is 63.3 Å². The molecule has 0 aliphatic carbocycles. The van der Waals surface area contributed by atoms with E-state index in [2.05, 4.69) is 0 Å². The predicted molar refractivity (Wildman–Crippen MR) is 116 cm³/mol. The first-order chi connectivity index (χ1) is 11.1. The van der Waals surface area contributed by atoms with E-state index in [1.54, 1.807) is 0 Å². The molecule has 0 aliphatic rings. The van der Waals surface area contributed by atoms with Crippen LogP contribution in [0.1, 0.15) is 95.9 Å². The molecule has 5 heteroatoms. The molecule has 0 aromatic carbocycles. The van der Waals surface area contributed by atoms with Crippen LogP contribution in [0.5, 0.6) is 0 Å². The third kappa shape index (κ3) is 14.3. The number of rotatable bonds is 4. The summed E-state index contributed by atoms with van der Waals surface area (Å²) in [6.45, 7) is 22.1. The van der Waals surface area contributed by atoms with Crippen LogP contribution in [0.3, 0.4) is 0 Å². The second-order valence-electron chi connectivity index (χ2n) is 11.0. The minimum absolute atomic E-state index is 0. The number of carbonyl (C=O) groups excluding carboxylic acids is 4. The zero-order valence-corrected chi connectivity index (χ0v) is 25.3. The predicted octanol–water partition coefficient (Wildman–Crippen LogP) is 4.30. The summed E-state index contributed by atoms with van der Waals surface area (Å²) in [4.78, 5) is 46.0. The summed E-state index contributed by atoms with van der Waals surface area (Å²) in [6.07, 6.45) is 0.125. The molecular formula is C22H42O4Pb. The van der Waals surface area contributed by atoms with Crippen LogP contribution in [0, 0.1) is 21.7 Å². The molecule has 0 amide bonds. The molecule has 0 aliphatic heterocycles. The molecule has 0 bridgehead atoms. The Morgan fingerprint density at radius 3 is 0.593 bits per heavy atom. The SMILES string of the molecule is CC(C)(C)C(=O)CC(=O)C(C)(C)C.CC(C)(C)C(=O)CC(=O)C(C)(C)C.[PbH2].